The Morgan fingerprint density at radius 3 is 2.48 bits per heavy atom. The van der Waals surface area contributed by atoms with Crippen LogP contribution in [0, 0.1) is 0 Å². The molecule has 0 spiro atoms. The van der Waals surface area contributed by atoms with Crippen molar-refractivity contribution in [3.05, 3.63) is 78.1 Å². The van der Waals surface area contributed by atoms with Crippen LogP contribution in [-0.4, -0.2) is 15.1 Å². The second-order valence-electron chi connectivity index (χ2n) is 5.12. The Morgan fingerprint density at radius 2 is 1.62 bits per heavy atom. The molecule has 0 amide bonds. The monoisotopic (exact) mass is 274 g/mol. The maximum absolute atomic E-state index is 10.5. The lowest BCUT2D eigenvalue weighted by atomic mass is 10.1. The van der Waals surface area contributed by atoms with Crippen LogP contribution in [0.2, 0.25) is 0 Å². The van der Waals surface area contributed by atoms with Crippen LogP contribution >= 0.6 is 0 Å². The fourth-order valence-electron chi connectivity index (χ4n) is 2.69. The molecule has 4 rings (SSSR count). The van der Waals surface area contributed by atoms with Gasteiger partial charge in [-0.3, -0.25) is 0 Å². The SMILES string of the molecule is O[C@H](c1ccccc1)c1nc2c(ccc3ccccc32)[nH]1. The highest BCUT2D eigenvalue weighted by atomic mass is 16.3. The maximum atomic E-state index is 10.5. The molecular formula is C18H14N2O. The van der Waals surface area contributed by atoms with E-state index in [0.717, 1.165) is 27.4 Å². The lowest BCUT2D eigenvalue weighted by molar-refractivity contribution is 0.211. The molecule has 4 aromatic rings. The molecule has 0 aliphatic carbocycles. The Balaban J connectivity index is 1.89. The number of rotatable bonds is 2. The van der Waals surface area contributed by atoms with Crippen LogP contribution < -0.4 is 0 Å². The third kappa shape index (κ3) is 1.99. The van der Waals surface area contributed by atoms with E-state index >= 15 is 0 Å². The Bertz CT molecular complexity index is 912. The van der Waals surface area contributed by atoms with Gasteiger partial charge in [-0.05, 0) is 17.0 Å². The lowest BCUT2D eigenvalue weighted by Gasteiger charge is -2.06. The van der Waals surface area contributed by atoms with Gasteiger partial charge < -0.3 is 10.1 Å². The smallest absolute Gasteiger partial charge is 0.140 e. The Hall–Kier alpha value is -2.65. The van der Waals surface area contributed by atoms with Gasteiger partial charge in [0.2, 0.25) is 0 Å². The van der Waals surface area contributed by atoms with E-state index in [-0.39, 0.29) is 0 Å². The first kappa shape index (κ1) is 12.1. The molecule has 3 heteroatoms. The summed E-state index contributed by atoms with van der Waals surface area (Å²) < 4.78 is 0. The van der Waals surface area contributed by atoms with E-state index in [4.69, 9.17) is 0 Å². The zero-order chi connectivity index (χ0) is 14.2. The Labute approximate surface area is 121 Å². The molecule has 0 bridgehead atoms. The lowest BCUT2D eigenvalue weighted by Crippen LogP contribution is -2.01. The molecular weight excluding hydrogens is 260 g/mol. The van der Waals surface area contributed by atoms with E-state index in [2.05, 4.69) is 28.2 Å². The number of fused-ring (bicyclic) bond motifs is 3. The number of aromatic nitrogens is 2. The van der Waals surface area contributed by atoms with Crippen LogP contribution in [0.25, 0.3) is 21.8 Å². The van der Waals surface area contributed by atoms with E-state index in [1.54, 1.807) is 0 Å². The first-order chi connectivity index (χ1) is 10.3. The van der Waals surface area contributed by atoms with Crippen LogP contribution in [0.5, 0.6) is 0 Å². The van der Waals surface area contributed by atoms with Gasteiger partial charge in [0.25, 0.3) is 0 Å². The first-order valence-electron chi connectivity index (χ1n) is 6.93. The van der Waals surface area contributed by atoms with Crippen LogP contribution in [0.15, 0.2) is 66.7 Å². The normalized spacial score (nSPS) is 12.8. The number of hydrogen-bond acceptors (Lipinski definition) is 2. The van der Waals surface area contributed by atoms with E-state index in [0.29, 0.717) is 5.82 Å². The average molecular weight is 274 g/mol. The zero-order valence-electron chi connectivity index (χ0n) is 11.3. The van der Waals surface area contributed by atoms with Crippen molar-refractivity contribution < 1.29 is 5.11 Å². The van der Waals surface area contributed by atoms with Gasteiger partial charge in [0, 0.05) is 5.39 Å². The standard InChI is InChI=1S/C18H14N2O/c21-17(13-7-2-1-3-8-13)18-19-15-11-10-12-6-4-5-9-14(12)16(15)20-18/h1-11,17,21H,(H,19,20)/t17-/m1/s1. The molecule has 102 valence electrons. The number of aliphatic hydroxyl groups excluding tert-OH is 1. The van der Waals surface area contributed by atoms with Gasteiger partial charge in [-0.1, -0.05) is 60.7 Å². The van der Waals surface area contributed by atoms with Crippen molar-refractivity contribution in [1.82, 2.24) is 9.97 Å². The fraction of sp³-hybridized carbons (Fsp3) is 0.0556. The van der Waals surface area contributed by atoms with Crippen molar-refractivity contribution in [2.75, 3.05) is 0 Å². The van der Waals surface area contributed by atoms with E-state index in [9.17, 15) is 5.11 Å². The highest BCUT2D eigenvalue weighted by Crippen LogP contribution is 2.27. The van der Waals surface area contributed by atoms with Crippen molar-refractivity contribution in [2.24, 2.45) is 0 Å². The van der Waals surface area contributed by atoms with Crippen LogP contribution in [0.4, 0.5) is 0 Å². The maximum Gasteiger partial charge on any atom is 0.140 e. The molecule has 0 saturated heterocycles. The van der Waals surface area contributed by atoms with Crippen LogP contribution in [0.3, 0.4) is 0 Å². The number of nitrogens with one attached hydrogen (secondary N) is 1. The number of H-pyrrole nitrogens is 1. The number of aliphatic hydroxyl groups is 1. The predicted molar refractivity (Wildman–Crippen MR) is 84.1 cm³/mol. The van der Waals surface area contributed by atoms with Crippen molar-refractivity contribution in [3.63, 3.8) is 0 Å². The van der Waals surface area contributed by atoms with Gasteiger partial charge in [0.15, 0.2) is 0 Å². The average Bonchev–Trinajstić information content (AvgIpc) is 2.99. The molecule has 3 nitrogen and oxygen atoms in total. The summed E-state index contributed by atoms with van der Waals surface area (Å²) in [5.41, 5.74) is 2.68. The summed E-state index contributed by atoms with van der Waals surface area (Å²) in [5.74, 6) is 0.576. The first-order valence-corrected chi connectivity index (χ1v) is 6.93. The molecule has 0 radical (unpaired) electrons. The number of nitrogens with zero attached hydrogens (tertiary/aromatic N) is 1. The van der Waals surface area contributed by atoms with Gasteiger partial charge in [-0.15, -0.1) is 0 Å². The minimum absolute atomic E-state index is 0.576. The van der Waals surface area contributed by atoms with Gasteiger partial charge in [-0.25, -0.2) is 4.98 Å². The summed E-state index contributed by atoms with van der Waals surface area (Å²) >= 11 is 0. The van der Waals surface area contributed by atoms with E-state index in [1.807, 2.05) is 48.5 Å². The summed E-state index contributed by atoms with van der Waals surface area (Å²) in [6.07, 6.45) is -0.739. The summed E-state index contributed by atoms with van der Waals surface area (Å²) in [7, 11) is 0. The summed E-state index contributed by atoms with van der Waals surface area (Å²) in [6.45, 7) is 0. The molecule has 0 fully saturated rings. The summed E-state index contributed by atoms with van der Waals surface area (Å²) in [6, 6.07) is 21.8. The predicted octanol–water partition coefficient (Wildman–Crippen LogP) is 3.80. The Kier molecular flexibility index (Phi) is 2.72. The molecule has 0 saturated carbocycles. The van der Waals surface area contributed by atoms with Gasteiger partial charge in [-0.2, -0.15) is 0 Å². The quantitative estimate of drug-likeness (QED) is 0.584. The number of benzene rings is 3. The molecule has 0 aliphatic rings. The third-order valence-corrected chi connectivity index (χ3v) is 3.77. The third-order valence-electron chi connectivity index (χ3n) is 3.77. The largest absolute Gasteiger partial charge is 0.380 e. The summed E-state index contributed by atoms with van der Waals surface area (Å²) in [5, 5.41) is 12.7. The van der Waals surface area contributed by atoms with E-state index in [1.165, 1.54) is 0 Å². The highest BCUT2D eigenvalue weighted by molar-refractivity contribution is 6.04. The number of hydrogen-bond donors (Lipinski definition) is 2. The van der Waals surface area contributed by atoms with Crippen molar-refractivity contribution in [2.45, 2.75) is 6.10 Å². The van der Waals surface area contributed by atoms with Gasteiger partial charge >= 0.3 is 0 Å². The van der Waals surface area contributed by atoms with E-state index < -0.39 is 6.10 Å². The summed E-state index contributed by atoms with van der Waals surface area (Å²) in [4.78, 5) is 7.84. The van der Waals surface area contributed by atoms with Crippen LogP contribution in [0.1, 0.15) is 17.5 Å². The molecule has 1 atom stereocenters. The molecule has 2 N–H and O–H groups in total. The topological polar surface area (TPSA) is 48.9 Å². The highest BCUT2D eigenvalue weighted by Gasteiger charge is 2.15. The molecule has 1 heterocycles. The van der Waals surface area contributed by atoms with Crippen LogP contribution in [-0.2, 0) is 0 Å². The number of imidazole rings is 1. The zero-order valence-corrected chi connectivity index (χ0v) is 11.3. The molecule has 1 aromatic heterocycles. The van der Waals surface area contributed by atoms with Crippen molar-refractivity contribution in [3.8, 4) is 0 Å². The molecule has 21 heavy (non-hydrogen) atoms. The molecule has 3 aromatic carbocycles. The molecule has 0 unspecified atom stereocenters. The van der Waals surface area contributed by atoms with Gasteiger partial charge in [0.1, 0.15) is 11.9 Å². The second-order valence-corrected chi connectivity index (χ2v) is 5.12. The fourth-order valence-corrected chi connectivity index (χ4v) is 2.69. The minimum atomic E-state index is -0.739. The van der Waals surface area contributed by atoms with Crippen molar-refractivity contribution in [1.29, 1.82) is 0 Å². The minimum Gasteiger partial charge on any atom is -0.380 e. The second kappa shape index (κ2) is 4.72. The molecule has 0 aliphatic heterocycles. The number of aromatic amines is 1. The van der Waals surface area contributed by atoms with Gasteiger partial charge in [0.05, 0.1) is 11.0 Å². The van der Waals surface area contributed by atoms with Crippen molar-refractivity contribution >= 4 is 21.8 Å². The Morgan fingerprint density at radius 1 is 0.857 bits per heavy atom.